The smallest absolute Gasteiger partial charge is 0.271 e. The minimum Gasteiger partial charge on any atom is -0.323 e. The molecule has 0 bridgehead atoms. The summed E-state index contributed by atoms with van der Waals surface area (Å²) >= 11 is 11.6. The van der Waals surface area contributed by atoms with Gasteiger partial charge in [0.2, 0.25) is 11.2 Å². The molecular weight excluding hydrogens is 307 g/mol. The number of nitrogens with one attached hydrogen (secondary N) is 1. The van der Waals surface area contributed by atoms with Gasteiger partial charge in [-0.15, -0.1) is 0 Å². The Kier molecular flexibility index (Phi) is 4.21. The van der Waals surface area contributed by atoms with Crippen LogP contribution in [0.1, 0.15) is 0 Å². The van der Waals surface area contributed by atoms with Gasteiger partial charge in [-0.3, -0.25) is 14.9 Å². The highest BCUT2D eigenvalue weighted by Crippen LogP contribution is 2.26. The second kappa shape index (κ2) is 5.89. The Labute approximate surface area is 123 Å². The van der Waals surface area contributed by atoms with E-state index in [0.717, 1.165) is 0 Å². The molecule has 20 heavy (non-hydrogen) atoms. The number of halogens is 2. The van der Waals surface area contributed by atoms with Crippen molar-refractivity contribution >= 4 is 40.5 Å². The van der Waals surface area contributed by atoms with Crippen molar-refractivity contribution in [3.8, 4) is 0 Å². The van der Waals surface area contributed by atoms with Crippen LogP contribution in [-0.2, 0) is 11.3 Å². The van der Waals surface area contributed by atoms with Crippen LogP contribution in [0.15, 0.2) is 30.6 Å². The van der Waals surface area contributed by atoms with Gasteiger partial charge in [0.15, 0.2) is 0 Å². The quantitative estimate of drug-likeness (QED) is 0.694. The average molecular weight is 315 g/mol. The van der Waals surface area contributed by atoms with Gasteiger partial charge >= 0.3 is 0 Å². The summed E-state index contributed by atoms with van der Waals surface area (Å²) in [4.78, 5) is 25.7. The lowest BCUT2D eigenvalue weighted by Gasteiger charge is -2.08. The van der Waals surface area contributed by atoms with Gasteiger partial charge in [-0.05, 0) is 17.7 Å². The van der Waals surface area contributed by atoms with E-state index >= 15 is 0 Å². The van der Waals surface area contributed by atoms with Crippen molar-refractivity contribution in [2.45, 2.75) is 6.54 Å². The minimum absolute atomic E-state index is 0.0716. The van der Waals surface area contributed by atoms with Crippen molar-refractivity contribution in [3.63, 3.8) is 0 Å². The molecule has 2 aromatic rings. The van der Waals surface area contributed by atoms with Crippen molar-refractivity contribution in [1.82, 2.24) is 9.55 Å². The van der Waals surface area contributed by atoms with Gasteiger partial charge < -0.3 is 9.88 Å². The van der Waals surface area contributed by atoms with Crippen LogP contribution >= 0.6 is 23.2 Å². The van der Waals surface area contributed by atoms with Crippen LogP contribution < -0.4 is 5.32 Å². The second-order valence-corrected chi connectivity index (χ2v) is 4.54. The second-order valence-electron chi connectivity index (χ2n) is 3.79. The number of benzene rings is 1. The number of anilines is 1. The monoisotopic (exact) mass is 314 g/mol. The predicted molar refractivity (Wildman–Crippen MR) is 74.0 cm³/mol. The third-order valence-corrected chi connectivity index (χ3v) is 3.06. The molecule has 2 rings (SSSR count). The first-order chi connectivity index (χ1) is 9.47. The third-order valence-electron chi connectivity index (χ3n) is 2.41. The van der Waals surface area contributed by atoms with E-state index in [2.05, 4.69) is 10.3 Å². The fourth-order valence-electron chi connectivity index (χ4n) is 1.50. The number of non-ortho nitro benzene ring substituents is 1. The molecule has 9 heteroatoms. The van der Waals surface area contributed by atoms with Gasteiger partial charge in [0.25, 0.3) is 5.69 Å². The first-order valence-corrected chi connectivity index (χ1v) is 6.13. The summed E-state index contributed by atoms with van der Waals surface area (Å²) in [5, 5.41) is 13.5. The number of amides is 1. The Morgan fingerprint density at radius 3 is 2.80 bits per heavy atom. The summed E-state index contributed by atoms with van der Waals surface area (Å²) in [5.74, 6) is -0.424. The average Bonchev–Trinajstić information content (AvgIpc) is 2.77. The highest BCUT2D eigenvalue weighted by Gasteiger charge is 2.13. The molecule has 104 valence electrons. The van der Waals surface area contributed by atoms with E-state index in [9.17, 15) is 14.9 Å². The maximum atomic E-state index is 11.8. The van der Waals surface area contributed by atoms with Gasteiger partial charge in [-0.1, -0.05) is 11.6 Å². The number of imidazole rings is 1. The standard InChI is InChI=1S/C11H8Cl2N4O3/c12-8-2-1-7(17(19)20)5-9(8)15-10(18)6-16-4-3-14-11(16)13/h1-5H,6H2,(H,15,18). The number of nitro benzene ring substituents is 1. The summed E-state index contributed by atoms with van der Waals surface area (Å²) in [6, 6.07) is 3.79. The number of nitro groups is 1. The first kappa shape index (κ1) is 14.3. The number of nitrogens with zero attached hydrogens (tertiary/aromatic N) is 3. The lowest BCUT2D eigenvalue weighted by atomic mass is 10.3. The molecule has 0 saturated carbocycles. The van der Waals surface area contributed by atoms with Crippen molar-refractivity contribution in [2.75, 3.05) is 5.32 Å². The first-order valence-electron chi connectivity index (χ1n) is 5.38. The molecule has 1 heterocycles. The molecule has 0 aliphatic heterocycles. The molecule has 0 spiro atoms. The van der Waals surface area contributed by atoms with E-state index in [1.165, 1.54) is 35.2 Å². The molecule has 0 saturated heterocycles. The fraction of sp³-hybridized carbons (Fsp3) is 0.0909. The third kappa shape index (κ3) is 3.25. The zero-order chi connectivity index (χ0) is 14.7. The Morgan fingerprint density at radius 1 is 1.45 bits per heavy atom. The Hall–Kier alpha value is -2.12. The number of carbonyl (C=O) groups excluding carboxylic acids is 1. The Bertz CT molecular complexity index is 671. The molecule has 0 radical (unpaired) electrons. The summed E-state index contributed by atoms with van der Waals surface area (Å²) < 4.78 is 1.42. The molecule has 1 N–H and O–H groups in total. The van der Waals surface area contributed by atoms with Gasteiger partial charge in [0, 0.05) is 24.5 Å². The van der Waals surface area contributed by atoms with Gasteiger partial charge in [-0.2, -0.15) is 0 Å². The van der Waals surface area contributed by atoms with Crippen molar-refractivity contribution < 1.29 is 9.72 Å². The van der Waals surface area contributed by atoms with E-state index in [1.54, 1.807) is 0 Å². The molecule has 1 amide bonds. The van der Waals surface area contributed by atoms with Crippen LogP contribution in [0.2, 0.25) is 10.3 Å². The zero-order valence-electron chi connectivity index (χ0n) is 9.92. The largest absolute Gasteiger partial charge is 0.323 e. The summed E-state index contributed by atoms with van der Waals surface area (Å²) in [5.41, 5.74) is 0.00691. The topological polar surface area (TPSA) is 90.1 Å². The lowest BCUT2D eigenvalue weighted by molar-refractivity contribution is -0.384. The van der Waals surface area contributed by atoms with Crippen molar-refractivity contribution in [3.05, 3.63) is 51.0 Å². The number of hydrogen-bond donors (Lipinski definition) is 1. The lowest BCUT2D eigenvalue weighted by Crippen LogP contribution is -2.18. The van der Waals surface area contributed by atoms with Crippen LogP contribution in [0.3, 0.4) is 0 Å². The van der Waals surface area contributed by atoms with Crippen LogP contribution in [0.25, 0.3) is 0 Å². The SMILES string of the molecule is O=C(Cn1ccnc1Cl)Nc1cc([N+](=O)[O-])ccc1Cl. The van der Waals surface area contributed by atoms with Gasteiger partial charge in [0.1, 0.15) is 6.54 Å². The molecule has 0 atom stereocenters. The maximum absolute atomic E-state index is 11.8. The number of carbonyl (C=O) groups is 1. The molecule has 0 fully saturated rings. The highest BCUT2D eigenvalue weighted by molar-refractivity contribution is 6.33. The molecule has 0 unspecified atom stereocenters. The van der Waals surface area contributed by atoms with Crippen LogP contribution in [0, 0.1) is 10.1 Å². The predicted octanol–water partition coefficient (Wildman–Crippen LogP) is 2.74. The minimum atomic E-state index is -0.571. The summed E-state index contributed by atoms with van der Waals surface area (Å²) in [7, 11) is 0. The highest BCUT2D eigenvalue weighted by atomic mass is 35.5. The molecule has 1 aromatic heterocycles. The van der Waals surface area contributed by atoms with Crippen molar-refractivity contribution in [1.29, 1.82) is 0 Å². The molecule has 1 aromatic carbocycles. The Morgan fingerprint density at radius 2 is 2.20 bits per heavy atom. The van der Waals surface area contributed by atoms with Crippen LogP contribution in [-0.4, -0.2) is 20.4 Å². The van der Waals surface area contributed by atoms with E-state index in [0.29, 0.717) is 0 Å². The number of rotatable bonds is 4. The Balaban J connectivity index is 2.13. The normalized spacial score (nSPS) is 10.3. The number of hydrogen-bond acceptors (Lipinski definition) is 4. The fourth-order valence-corrected chi connectivity index (χ4v) is 1.83. The van der Waals surface area contributed by atoms with E-state index < -0.39 is 10.8 Å². The molecule has 0 aliphatic rings. The van der Waals surface area contributed by atoms with Gasteiger partial charge in [-0.25, -0.2) is 4.98 Å². The van der Waals surface area contributed by atoms with E-state index in [-0.39, 0.29) is 28.2 Å². The van der Waals surface area contributed by atoms with E-state index in [1.807, 2.05) is 0 Å². The van der Waals surface area contributed by atoms with Gasteiger partial charge in [0.05, 0.1) is 15.6 Å². The summed E-state index contributed by atoms with van der Waals surface area (Å²) in [6.45, 7) is -0.0716. The van der Waals surface area contributed by atoms with Crippen molar-refractivity contribution in [2.24, 2.45) is 0 Å². The van der Waals surface area contributed by atoms with E-state index in [4.69, 9.17) is 23.2 Å². The van der Waals surface area contributed by atoms with Crippen LogP contribution in [0.4, 0.5) is 11.4 Å². The molecule has 0 aliphatic carbocycles. The van der Waals surface area contributed by atoms with Crippen LogP contribution in [0.5, 0.6) is 0 Å². The molecule has 7 nitrogen and oxygen atoms in total. The number of aromatic nitrogens is 2. The zero-order valence-corrected chi connectivity index (χ0v) is 11.4. The summed E-state index contributed by atoms with van der Waals surface area (Å²) in [6.07, 6.45) is 2.99. The molecular formula is C11H8Cl2N4O3. The maximum Gasteiger partial charge on any atom is 0.271 e.